The summed E-state index contributed by atoms with van der Waals surface area (Å²) in [6, 6.07) is 10.2. The molecule has 0 saturated carbocycles. The van der Waals surface area contributed by atoms with Crippen LogP contribution in [0.4, 0.5) is 29.3 Å². The average molecular weight is 597 g/mol. The lowest BCUT2D eigenvalue weighted by Crippen LogP contribution is -2.55. The normalized spacial score (nSPS) is 14.4. The van der Waals surface area contributed by atoms with Crippen molar-refractivity contribution < 1.29 is 27.4 Å². The number of rotatable bonds is 7. The van der Waals surface area contributed by atoms with E-state index in [9.17, 15) is 22.8 Å². The molecule has 5 rings (SSSR count). The first-order valence-corrected chi connectivity index (χ1v) is 13.5. The van der Waals surface area contributed by atoms with Gasteiger partial charge in [0.25, 0.3) is 5.56 Å². The third kappa shape index (κ3) is 5.93. The summed E-state index contributed by atoms with van der Waals surface area (Å²) in [4.78, 5) is 36.0. The predicted molar refractivity (Wildman–Crippen MR) is 157 cm³/mol. The lowest BCUT2D eigenvalue weighted by atomic mass is 10.1. The van der Waals surface area contributed by atoms with Crippen LogP contribution in [0.2, 0.25) is 0 Å². The summed E-state index contributed by atoms with van der Waals surface area (Å²) < 4.78 is 54.5. The number of carbonyl (C=O) groups excluding carboxylic acids is 1. The first-order chi connectivity index (χ1) is 20.6. The Morgan fingerprint density at radius 2 is 1.63 bits per heavy atom. The number of nitrogens with zero attached hydrogens (tertiary/aromatic N) is 5. The van der Waals surface area contributed by atoms with Crippen molar-refractivity contribution in [2.24, 2.45) is 0 Å². The average Bonchev–Trinajstić information content (AvgIpc) is 3.00. The molecular formula is C30H31F3N6O4. The summed E-state index contributed by atoms with van der Waals surface area (Å²) in [6.07, 6.45) is 0. The van der Waals surface area contributed by atoms with E-state index in [1.807, 2.05) is 7.05 Å². The monoisotopic (exact) mass is 596 g/mol. The standard InChI is InChI=1S/C30H31F3N6O4/c1-18(28-35-25-17-24(33)23(32)16-22(25)29(40)39(28)37-13-11-36(2)12-14-37)38(26-10-9-21(42-3)15-27(26)43-4)30(41)34-20-7-5-19(31)6-8-20/h5-10,15-18H,11-14H2,1-4H3,(H,34,41). The third-order valence-electron chi connectivity index (χ3n) is 7.40. The SMILES string of the molecule is COc1ccc(N(C(=O)Nc2ccc(F)cc2)C(C)c2nc3cc(F)c(F)cc3c(=O)n2N2CCN(C)CC2)c(OC)c1. The summed E-state index contributed by atoms with van der Waals surface area (Å²) in [5.74, 6) is -1.93. The second-order valence-corrected chi connectivity index (χ2v) is 10.1. The molecule has 1 aromatic heterocycles. The first-order valence-electron chi connectivity index (χ1n) is 13.5. The Morgan fingerprint density at radius 3 is 2.28 bits per heavy atom. The third-order valence-corrected chi connectivity index (χ3v) is 7.40. The summed E-state index contributed by atoms with van der Waals surface area (Å²) in [7, 11) is 4.88. The molecule has 1 aliphatic rings. The summed E-state index contributed by atoms with van der Waals surface area (Å²) in [6.45, 7) is 3.82. The van der Waals surface area contributed by atoms with E-state index < -0.39 is 35.1 Å². The smallest absolute Gasteiger partial charge is 0.327 e. The van der Waals surface area contributed by atoms with Gasteiger partial charge in [-0.15, -0.1) is 0 Å². The Bertz CT molecular complexity index is 1710. The topological polar surface area (TPSA) is 92.2 Å². The maximum Gasteiger partial charge on any atom is 0.327 e. The Morgan fingerprint density at radius 1 is 0.953 bits per heavy atom. The van der Waals surface area contributed by atoms with E-state index in [1.54, 1.807) is 30.1 Å². The van der Waals surface area contributed by atoms with Crippen LogP contribution < -0.4 is 30.3 Å². The summed E-state index contributed by atoms with van der Waals surface area (Å²) in [5, 5.41) is 4.44. The van der Waals surface area contributed by atoms with E-state index in [-0.39, 0.29) is 22.5 Å². The van der Waals surface area contributed by atoms with Gasteiger partial charge in [-0.2, -0.15) is 0 Å². The van der Waals surface area contributed by atoms with Gasteiger partial charge in [-0.1, -0.05) is 0 Å². The lowest BCUT2D eigenvalue weighted by molar-refractivity contribution is 0.253. The molecule has 1 aliphatic heterocycles. The van der Waals surface area contributed by atoms with Crippen LogP contribution >= 0.6 is 0 Å². The zero-order valence-corrected chi connectivity index (χ0v) is 24.1. The zero-order valence-electron chi connectivity index (χ0n) is 24.1. The van der Waals surface area contributed by atoms with Crippen molar-refractivity contribution in [3.63, 3.8) is 0 Å². The molecule has 0 radical (unpaired) electrons. The van der Waals surface area contributed by atoms with Crippen LogP contribution in [-0.4, -0.2) is 68.0 Å². The molecule has 226 valence electrons. The van der Waals surface area contributed by atoms with E-state index in [0.717, 1.165) is 12.1 Å². The van der Waals surface area contributed by atoms with Crippen molar-refractivity contribution in [3.8, 4) is 11.5 Å². The molecule has 1 unspecified atom stereocenters. The molecule has 3 aromatic carbocycles. The van der Waals surface area contributed by atoms with Crippen LogP contribution in [-0.2, 0) is 0 Å². The quantitative estimate of drug-likeness (QED) is 0.336. The molecule has 43 heavy (non-hydrogen) atoms. The number of amides is 2. The Hall–Kier alpha value is -4.78. The second-order valence-electron chi connectivity index (χ2n) is 10.1. The van der Waals surface area contributed by atoms with Crippen LogP contribution in [0.25, 0.3) is 10.9 Å². The van der Waals surface area contributed by atoms with E-state index in [0.29, 0.717) is 43.3 Å². The number of aromatic nitrogens is 2. The molecule has 10 nitrogen and oxygen atoms in total. The van der Waals surface area contributed by atoms with Crippen LogP contribution in [0, 0.1) is 17.5 Å². The molecule has 0 bridgehead atoms. The highest BCUT2D eigenvalue weighted by atomic mass is 19.2. The van der Waals surface area contributed by atoms with Gasteiger partial charge in [0, 0.05) is 44.0 Å². The number of ether oxygens (including phenoxy) is 2. The van der Waals surface area contributed by atoms with Crippen molar-refractivity contribution in [1.29, 1.82) is 0 Å². The van der Waals surface area contributed by atoms with Crippen molar-refractivity contribution in [1.82, 2.24) is 14.6 Å². The fraction of sp³-hybridized carbons (Fsp3) is 0.300. The number of nitrogens with one attached hydrogen (secondary N) is 1. The number of halogens is 3. The number of piperazine rings is 1. The fourth-order valence-electron chi connectivity index (χ4n) is 5.04. The Labute approximate surface area is 245 Å². The maximum atomic E-state index is 14.3. The predicted octanol–water partition coefficient (Wildman–Crippen LogP) is 4.51. The van der Waals surface area contributed by atoms with Gasteiger partial charge in [-0.05, 0) is 56.4 Å². The number of urea groups is 1. The van der Waals surface area contributed by atoms with Gasteiger partial charge in [-0.3, -0.25) is 9.69 Å². The largest absolute Gasteiger partial charge is 0.497 e. The van der Waals surface area contributed by atoms with Gasteiger partial charge in [0.15, 0.2) is 17.5 Å². The van der Waals surface area contributed by atoms with Gasteiger partial charge in [0.05, 0.1) is 36.9 Å². The number of carbonyl (C=O) groups is 1. The number of hydrogen-bond acceptors (Lipinski definition) is 7. The minimum Gasteiger partial charge on any atom is -0.497 e. The second kappa shape index (κ2) is 12.2. The van der Waals surface area contributed by atoms with Crippen molar-refractivity contribution in [2.75, 3.05) is 62.7 Å². The number of anilines is 2. The van der Waals surface area contributed by atoms with Crippen molar-refractivity contribution >= 4 is 28.3 Å². The van der Waals surface area contributed by atoms with E-state index in [1.165, 1.54) is 48.1 Å². The Balaban J connectivity index is 1.71. The first kappa shape index (κ1) is 29.7. The van der Waals surface area contributed by atoms with Gasteiger partial charge in [0.1, 0.15) is 17.3 Å². The Kier molecular flexibility index (Phi) is 8.44. The fourth-order valence-corrected chi connectivity index (χ4v) is 5.04. The summed E-state index contributed by atoms with van der Waals surface area (Å²) >= 11 is 0. The molecule has 1 saturated heterocycles. The van der Waals surface area contributed by atoms with Crippen LogP contribution in [0.3, 0.4) is 0 Å². The molecular weight excluding hydrogens is 565 g/mol. The molecule has 0 spiro atoms. The molecule has 4 aromatic rings. The van der Waals surface area contributed by atoms with E-state index in [4.69, 9.17) is 9.47 Å². The summed E-state index contributed by atoms with van der Waals surface area (Å²) in [5.41, 5.74) is -0.0378. The highest BCUT2D eigenvalue weighted by Crippen LogP contribution is 2.37. The van der Waals surface area contributed by atoms with Crippen molar-refractivity contribution in [2.45, 2.75) is 13.0 Å². The molecule has 1 atom stereocenters. The number of likely N-dealkylation sites (N-methyl/N-ethyl adjacent to an activating group) is 1. The zero-order chi connectivity index (χ0) is 30.8. The van der Waals surface area contributed by atoms with Gasteiger partial charge >= 0.3 is 6.03 Å². The van der Waals surface area contributed by atoms with Gasteiger partial charge in [-0.25, -0.2) is 27.6 Å². The minimum atomic E-state index is -1.17. The number of methoxy groups -OCH3 is 2. The number of benzene rings is 3. The van der Waals surface area contributed by atoms with Gasteiger partial charge in [0.2, 0.25) is 0 Å². The minimum absolute atomic E-state index is 0.0586. The van der Waals surface area contributed by atoms with Crippen molar-refractivity contribution in [3.05, 3.63) is 88.2 Å². The van der Waals surface area contributed by atoms with E-state index >= 15 is 0 Å². The maximum absolute atomic E-state index is 14.3. The molecule has 1 fully saturated rings. The molecule has 0 aliphatic carbocycles. The van der Waals surface area contributed by atoms with Gasteiger partial charge < -0.3 is 24.7 Å². The van der Waals surface area contributed by atoms with Crippen LogP contribution in [0.5, 0.6) is 11.5 Å². The molecule has 13 heteroatoms. The van der Waals surface area contributed by atoms with E-state index in [2.05, 4.69) is 15.2 Å². The highest BCUT2D eigenvalue weighted by Gasteiger charge is 2.32. The molecule has 2 amide bonds. The highest BCUT2D eigenvalue weighted by molar-refractivity contribution is 6.03. The number of hydrogen-bond donors (Lipinski definition) is 1. The lowest BCUT2D eigenvalue weighted by Gasteiger charge is -2.38. The van der Waals surface area contributed by atoms with Crippen LogP contribution in [0.1, 0.15) is 18.8 Å². The molecule has 2 heterocycles. The molecule has 1 N–H and O–H groups in total. The van der Waals surface area contributed by atoms with Crippen LogP contribution in [0.15, 0.2) is 59.4 Å². The number of fused-ring (bicyclic) bond motifs is 1.